The summed E-state index contributed by atoms with van der Waals surface area (Å²) in [5, 5.41) is 12.6. The second-order valence-electron chi connectivity index (χ2n) is 6.42. The largest absolute Gasteiger partial charge is 0.392 e. The lowest BCUT2D eigenvalue weighted by atomic mass is 10.0. The maximum atomic E-state index is 11.7. The summed E-state index contributed by atoms with van der Waals surface area (Å²) in [4.78, 5) is 14.2. The number of nitrogens with one attached hydrogen (secondary N) is 1. The summed E-state index contributed by atoms with van der Waals surface area (Å²) in [6.45, 7) is 7.24. The number of aliphatic hydroxyl groups excluding tert-OH is 1. The molecule has 2 N–H and O–H groups in total. The molecule has 0 aromatic heterocycles. The smallest absolute Gasteiger partial charge is 0.222 e. The zero-order valence-electron chi connectivity index (χ0n) is 12.7. The Morgan fingerprint density at radius 1 is 1.45 bits per heavy atom. The Kier molecular flexibility index (Phi) is 5.81. The van der Waals surface area contributed by atoms with Crippen LogP contribution in [0.25, 0.3) is 0 Å². The highest BCUT2D eigenvalue weighted by atomic mass is 16.5. The van der Waals surface area contributed by atoms with Crippen LogP contribution in [0.2, 0.25) is 0 Å². The molecule has 2 heterocycles. The molecule has 5 heteroatoms. The Labute approximate surface area is 121 Å². The summed E-state index contributed by atoms with van der Waals surface area (Å²) in [6, 6.07) is 0.582. The van der Waals surface area contributed by atoms with Crippen LogP contribution < -0.4 is 5.32 Å². The molecule has 0 aromatic carbocycles. The van der Waals surface area contributed by atoms with Crippen LogP contribution in [-0.2, 0) is 9.53 Å². The van der Waals surface area contributed by atoms with Gasteiger partial charge in [0.1, 0.15) is 0 Å². The van der Waals surface area contributed by atoms with Crippen molar-refractivity contribution >= 4 is 5.91 Å². The molecule has 20 heavy (non-hydrogen) atoms. The van der Waals surface area contributed by atoms with Crippen molar-refractivity contribution < 1.29 is 14.6 Å². The number of piperidine rings is 1. The normalized spacial score (nSPS) is 29.0. The number of ether oxygens (including phenoxy) is 1. The molecular weight excluding hydrogens is 256 g/mol. The van der Waals surface area contributed by atoms with Gasteiger partial charge in [-0.15, -0.1) is 0 Å². The van der Waals surface area contributed by atoms with Gasteiger partial charge in [-0.3, -0.25) is 9.69 Å². The predicted molar refractivity (Wildman–Crippen MR) is 77.4 cm³/mol. The zero-order valence-corrected chi connectivity index (χ0v) is 12.7. The van der Waals surface area contributed by atoms with Crippen LogP contribution in [0.4, 0.5) is 0 Å². The fourth-order valence-electron chi connectivity index (χ4n) is 2.90. The zero-order chi connectivity index (χ0) is 14.5. The molecule has 3 atom stereocenters. The molecule has 2 rings (SSSR count). The summed E-state index contributed by atoms with van der Waals surface area (Å²) in [5.41, 5.74) is 0. The van der Waals surface area contributed by atoms with E-state index in [0.29, 0.717) is 12.6 Å². The fraction of sp³-hybridized carbons (Fsp3) is 0.933. The van der Waals surface area contributed by atoms with E-state index in [-0.39, 0.29) is 24.3 Å². The minimum Gasteiger partial charge on any atom is -0.392 e. The van der Waals surface area contributed by atoms with Crippen molar-refractivity contribution in [1.82, 2.24) is 10.2 Å². The monoisotopic (exact) mass is 284 g/mol. The van der Waals surface area contributed by atoms with Crippen LogP contribution in [0.15, 0.2) is 0 Å². The summed E-state index contributed by atoms with van der Waals surface area (Å²) >= 11 is 0. The van der Waals surface area contributed by atoms with Crippen LogP contribution in [0.5, 0.6) is 0 Å². The van der Waals surface area contributed by atoms with Gasteiger partial charge >= 0.3 is 0 Å². The van der Waals surface area contributed by atoms with Gasteiger partial charge in [0.25, 0.3) is 0 Å². The second-order valence-corrected chi connectivity index (χ2v) is 6.42. The molecule has 0 spiro atoms. The summed E-state index contributed by atoms with van der Waals surface area (Å²) in [5.74, 6) is 0.0244. The molecule has 0 unspecified atom stereocenters. The topological polar surface area (TPSA) is 61.8 Å². The Balaban J connectivity index is 1.68. The minimum atomic E-state index is -0.561. The highest BCUT2D eigenvalue weighted by molar-refractivity contribution is 5.76. The van der Waals surface area contributed by atoms with Crippen molar-refractivity contribution in [3.8, 4) is 0 Å². The van der Waals surface area contributed by atoms with Gasteiger partial charge in [-0.1, -0.05) is 20.3 Å². The Morgan fingerprint density at radius 3 is 3.00 bits per heavy atom. The number of hydrogen-bond donors (Lipinski definition) is 2. The van der Waals surface area contributed by atoms with Gasteiger partial charge in [-0.2, -0.15) is 0 Å². The Hall–Kier alpha value is -0.650. The number of rotatable bonds is 5. The number of carbonyl (C=O) groups excluding carboxylic acids is 1. The van der Waals surface area contributed by atoms with Gasteiger partial charge in [0.2, 0.25) is 5.91 Å². The second kappa shape index (κ2) is 7.38. The van der Waals surface area contributed by atoms with Crippen molar-refractivity contribution in [2.24, 2.45) is 5.92 Å². The first-order chi connectivity index (χ1) is 9.56. The number of morpholine rings is 1. The van der Waals surface area contributed by atoms with Crippen molar-refractivity contribution in [3.05, 3.63) is 0 Å². The lowest BCUT2D eigenvalue weighted by Crippen LogP contribution is -2.54. The van der Waals surface area contributed by atoms with E-state index in [1.807, 2.05) is 13.8 Å². The molecule has 0 aliphatic carbocycles. The lowest BCUT2D eigenvalue weighted by molar-refractivity contribution is -0.125. The number of fused-ring (bicyclic) bond motifs is 1. The number of aliphatic hydroxyl groups is 1. The molecule has 0 bridgehead atoms. The molecule has 0 saturated carbocycles. The molecule has 5 nitrogen and oxygen atoms in total. The average molecular weight is 284 g/mol. The first-order valence-electron chi connectivity index (χ1n) is 7.86. The lowest BCUT2D eigenvalue weighted by Gasteiger charge is -2.42. The van der Waals surface area contributed by atoms with Crippen molar-refractivity contribution in [3.63, 3.8) is 0 Å². The van der Waals surface area contributed by atoms with Gasteiger partial charge in [0.15, 0.2) is 0 Å². The van der Waals surface area contributed by atoms with E-state index in [9.17, 15) is 9.90 Å². The van der Waals surface area contributed by atoms with E-state index in [0.717, 1.165) is 19.7 Å². The molecule has 0 aromatic rings. The molecule has 2 fully saturated rings. The summed E-state index contributed by atoms with van der Waals surface area (Å²) < 4.78 is 5.83. The number of hydrogen-bond acceptors (Lipinski definition) is 4. The first-order valence-corrected chi connectivity index (χ1v) is 7.86. The maximum Gasteiger partial charge on any atom is 0.222 e. The molecule has 2 saturated heterocycles. The maximum absolute atomic E-state index is 11.7. The Morgan fingerprint density at radius 2 is 2.25 bits per heavy atom. The van der Waals surface area contributed by atoms with Crippen LogP contribution in [0, 0.1) is 5.92 Å². The van der Waals surface area contributed by atoms with E-state index < -0.39 is 6.10 Å². The van der Waals surface area contributed by atoms with Crippen LogP contribution in [0.1, 0.15) is 39.5 Å². The number of carbonyl (C=O) groups is 1. The van der Waals surface area contributed by atoms with Crippen molar-refractivity contribution in [2.45, 2.75) is 57.8 Å². The van der Waals surface area contributed by atoms with Gasteiger partial charge < -0.3 is 15.2 Å². The quantitative estimate of drug-likeness (QED) is 0.782. The highest BCUT2D eigenvalue weighted by Crippen LogP contribution is 2.21. The van der Waals surface area contributed by atoms with E-state index in [1.54, 1.807) is 0 Å². The first kappa shape index (κ1) is 15.7. The molecular formula is C15H28N2O3. The third kappa shape index (κ3) is 4.43. The van der Waals surface area contributed by atoms with Crippen molar-refractivity contribution in [1.29, 1.82) is 0 Å². The SMILES string of the molecule is CC(C)[C@H](O)CC(=O)NC[C@H]1CN2CCCC[C@@H]2CO1. The molecule has 116 valence electrons. The minimum absolute atomic E-state index is 0.0874. The third-order valence-electron chi connectivity index (χ3n) is 4.40. The van der Waals surface area contributed by atoms with Crippen LogP contribution >= 0.6 is 0 Å². The van der Waals surface area contributed by atoms with Crippen LogP contribution in [-0.4, -0.2) is 60.4 Å². The average Bonchev–Trinajstić information content (AvgIpc) is 2.44. The standard InChI is InChI=1S/C15H28N2O3/c1-11(2)14(18)7-15(19)16-8-13-9-17-6-4-3-5-12(17)10-20-13/h11-14,18H,3-10H2,1-2H3,(H,16,19)/t12-,13+,14-/m1/s1. The molecule has 2 aliphatic heterocycles. The Bertz CT molecular complexity index is 322. The predicted octanol–water partition coefficient (Wildman–Crippen LogP) is 0.763. The van der Waals surface area contributed by atoms with Crippen molar-refractivity contribution in [2.75, 3.05) is 26.2 Å². The van der Waals surface area contributed by atoms with Gasteiger partial charge in [0, 0.05) is 19.1 Å². The number of nitrogens with zero attached hydrogens (tertiary/aromatic N) is 1. The molecule has 0 radical (unpaired) electrons. The fourth-order valence-corrected chi connectivity index (χ4v) is 2.90. The van der Waals surface area contributed by atoms with E-state index in [4.69, 9.17) is 4.74 Å². The highest BCUT2D eigenvalue weighted by Gasteiger charge is 2.30. The summed E-state index contributed by atoms with van der Waals surface area (Å²) in [6.07, 6.45) is 3.52. The van der Waals surface area contributed by atoms with Gasteiger partial charge in [-0.05, 0) is 25.3 Å². The van der Waals surface area contributed by atoms with Gasteiger partial charge in [-0.25, -0.2) is 0 Å². The van der Waals surface area contributed by atoms with E-state index >= 15 is 0 Å². The van der Waals surface area contributed by atoms with Crippen LogP contribution in [0.3, 0.4) is 0 Å². The van der Waals surface area contributed by atoms with E-state index in [1.165, 1.54) is 19.3 Å². The summed E-state index contributed by atoms with van der Waals surface area (Å²) in [7, 11) is 0. The van der Waals surface area contributed by atoms with E-state index in [2.05, 4.69) is 10.2 Å². The molecule has 2 aliphatic rings. The molecule has 1 amide bonds. The van der Waals surface area contributed by atoms with Gasteiger partial charge in [0.05, 0.1) is 25.2 Å². The number of amides is 1. The third-order valence-corrected chi connectivity index (χ3v) is 4.40.